The maximum absolute atomic E-state index is 12.2. The summed E-state index contributed by atoms with van der Waals surface area (Å²) in [5.74, 6) is -8.64. The zero-order valence-corrected chi connectivity index (χ0v) is 6.15. The summed E-state index contributed by atoms with van der Waals surface area (Å²) < 4.78 is 58.8. The van der Waals surface area contributed by atoms with Crippen molar-refractivity contribution in [3.63, 3.8) is 0 Å². The van der Waals surface area contributed by atoms with Crippen molar-refractivity contribution in [2.45, 2.75) is 24.6 Å². The number of carbonyl (C=O) groups is 1. The van der Waals surface area contributed by atoms with Crippen molar-refractivity contribution in [2.24, 2.45) is 0 Å². The molecule has 1 N–H and O–H groups in total. The van der Waals surface area contributed by atoms with E-state index in [0.29, 0.717) is 0 Å². The van der Waals surface area contributed by atoms with E-state index in [1.54, 1.807) is 0 Å². The molecule has 8 heteroatoms. The summed E-state index contributed by atoms with van der Waals surface area (Å²) in [5.41, 5.74) is -4.27. The SMILES string of the molecule is CC(O)(C(=O)[O-])C(F)(F)C(F)(F)F. The molecule has 0 saturated carbocycles. The lowest BCUT2D eigenvalue weighted by atomic mass is 9.98. The monoisotopic (exact) mass is 207 g/mol. The minimum Gasteiger partial charge on any atom is -0.547 e. The van der Waals surface area contributed by atoms with Gasteiger partial charge in [-0.05, 0) is 6.92 Å². The molecule has 78 valence electrons. The van der Waals surface area contributed by atoms with Crippen molar-refractivity contribution in [1.82, 2.24) is 0 Å². The second-order valence-corrected chi connectivity index (χ2v) is 2.43. The van der Waals surface area contributed by atoms with E-state index in [9.17, 15) is 31.9 Å². The lowest BCUT2D eigenvalue weighted by Gasteiger charge is -2.34. The smallest absolute Gasteiger partial charge is 0.456 e. The molecule has 0 aliphatic carbocycles. The average molecular weight is 207 g/mol. The van der Waals surface area contributed by atoms with Crippen LogP contribution in [0.4, 0.5) is 22.0 Å². The highest BCUT2D eigenvalue weighted by molar-refractivity contribution is 5.76. The summed E-state index contributed by atoms with van der Waals surface area (Å²) in [5, 5.41) is 18.1. The van der Waals surface area contributed by atoms with Gasteiger partial charge < -0.3 is 15.0 Å². The molecular formula is C5H4F5O3-. The molecule has 0 fully saturated rings. The molecular weight excluding hydrogens is 203 g/mol. The Morgan fingerprint density at radius 2 is 1.54 bits per heavy atom. The second kappa shape index (κ2) is 2.79. The number of carboxylic acids is 1. The Morgan fingerprint density at radius 1 is 1.23 bits per heavy atom. The molecule has 0 saturated heterocycles. The highest BCUT2D eigenvalue weighted by atomic mass is 19.4. The summed E-state index contributed by atoms with van der Waals surface area (Å²) in [6.45, 7) is -0.185. The number of rotatable bonds is 2. The first kappa shape index (κ1) is 12.1. The van der Waals surface area contributed by atoms with E-state index in [1.165, 1.54) is 0 Å². The molecule has 3 nitrogen and oxygen atoms in total. The van der Waals surface area contributed by atoms with Gasteiger partial charge in [-0.25, -0.2) is 0 Å². The third kappa shape index (κ3) is 1.71. The van der Waals surface area contributed by atoms with Crippen LogP contribution in [-0.2, 0) is 4.79 Å². The predicted molar refractivity (Wildman–Crippen MR) is 26.6 cm³/mol. The van der Waals surface area contributed by atoms with Gasteiger partial charge in [-0.2, -0.15) is 22.0 Å². The van der Waals surface area contributed by atoms with Gasteiger partial charge >= 0.3 is 12.1 Å². The fraction of sp³-hybridized carbons (Fsp3) is 0.800. The number of halogens is 5. The van der Waals surface area contributed by atoms with Gasteiger partial charge in [-0.1, -0.05) is 0 Å². The predicted octanol–water partition coefficient (Wildman–Crippen LogP) is -0.315. The van der Waals surface area contributed by atoms with Crippen LogP contribution >= 0.6 is 0 Å². The number of carboxylic acid groups (broad SMARTS) is 1. The molecule has 0 aromatic rings. The normalized spacial score (nSPS) is 18.1. The number of aliphatic carboxylic acids is 1. The molecule has 0 rings (SSSR count). The molecule has 0 heterocycles. The van der Waals surface area contributed by atoms with Crippen LogP contribution in [0.3, 0.4) is 0 Å². The van der Waals surface area contributed by atoms with E-state index in [4.69, 9.17) is 5.11 Å². The number of aliphatic hydroxyl groups is 1. The number of hydrogen-bond donors (Lipinski definition) is 1. The summed E-state index contributed by atoms with van der Waals surface area (Å²) >= 11 is 0. The van der Waals surface area contributed by atoms with Crippen LogP contribution in [0.25, 0.3) is 0 Å². The quantitative estimate of drug-likeness (QED) is 0.631. The topological polar surface area (TPSA) is 60.4 Å². The van der Waals surface area contributed by atoms with E-state index in [-0.39, 0.29) is 6.92 Å². The summed E-state index contributed by atoms with van der Waals surface area (Å²) in [6, 6.07) is 0. The summed E-state index contributed by atoms with van der Waals surface area (Å²) in [4.78, 5) is 9.77. The van der Waals surface area contributed by atoms with E-state index in [2.05, 4.69) is 0 Å². The van der Waals surface area contributed by atoms with Gasteiger partial charge in [0.2, 0.25) is 0 Å². The van der Waals surface area contributed by atoms with Crippen LogP contribution in [-0.4, -0.2) is 28.8 Å². The Bertz CT molecular complexity index is 219. The molecule has 0 amide bonds. The lowest BCUT2D eigenvalue weighted by Crippen LogP contribution is -2.63. The fourth-order valence-electron chi connectivity index (χ4n) is 0.404. The second-order valence-electron chi connectivity index (χ2n) is 2.43. The Morgan fingerprint density at radius 3 is 1.62 bits per heavy atom. The van der Waals surface area contributed by atoms with Gasteiger partial charge in [0, 0.05) is 0 Å². The van der Waals surface area contributed by atoms with E-state index in [1.807, 2.05) is 0 Å². The van der Waals surface area contributed by atoms with Gasteiger partial charge in [0.05, 0.1) is 5.97 Å². The van der Waals surface area contributed by atoms with Crippen molar-refractivity contribution in [3.8, 4) is 0 Å². The zero-order valence-electron chi connectivity index (χ0n) is 6.15. The van der Waals surface area contributed by atoms with Crippen LogP contribution in [0.15, 0.2) is 0 Å². The van der Waals surface area contributed by atoms with Crippen LogP contribution < -0.4 is 5.11 Å². The Hall–Kier alpha value is -0.920. The molecule has 13 heavy (non-hydrogen) atoms. The first-order valence-corrected chi connectivity index (χ1v) is 2.83. The first-order chi connectivity index (χ1) is 5.44. The molecule has 0 aromatic heterocycles. The average Bonchev–Trinajstić information content (AvgIpc) is 1.84. The zero-order chi connectivity index (χ0) is 11.1. The minimum atomic E-state index is -6.14. The minimum absolute atomic E-state index is 0.185. The highest BCUT2D eigenvalue weighted by Gasteiger charge is 2.68. The maximum Gasteiger partial charge on any atom is 0.456 e. The van der Waals surface area contributed by atoms with Crippen molar-refractivity contribution in [3.05, 3.63) is 0 Å². The Balaban J connectivity index is 5.16. The molecule has 1 atom stereocenters. The van der Waals surface area contributed by atoms with E-state index >= 15 is 0 Å². The molecule has 0 spiro atoms. The number of alkyl halides is 5. The van der Waals surface area contributed by atoms with Crippen LogP contribution in [0, 0.1) is 0 Å². The summed E-state index contributed by atoms with van der Waals surface area (Å²) in [6.07, 6.45) is -6.14. The Kier molecular flexibility index (Phi) is 2.59. The molecule has 0 bridgehead atoms. The van der Waals surface area contributed by atoms with Crippen molar-refractivity contribution < 1.29 is 37.0 Å². The van der Waals surface area contributed by atoms with Crippen LogP contribution in [0.1, 0.15) is 6.92 Å². The van der Waals surface area contributed by atoms with Crippen LogP contribution in [0.5, 0.6) is 0 Å². The van der Waals surface area contributed by atoms with Gasteiger partial charge in [-0.3, -0.25) is 0 Å². The highest BCUT2D eigenvalue weighted by Crippen LogP contribution is 2.42. The van der Waals surface area contributed by atoms with Gasteiger partial charge in [0.15, 0.2) is 5.60 Å². The number of carbonyl (C=O) groups excluding carboxylic acids is 1. The molecule has 0 aliphatic rings. The Labute approximate surface area is 68.8 Å². The standard InChI is InChI=1S/C5H5F5O3/c1-3(13,2(11)12)4(6,7)5(8,9)10/h13H,1H3,(H,11,12)/p-1. The van der Waals surface area contributed by atoms with Gasteiger partial charge in [0.1, 0.15) is 0 Å². The fourth-order valence-corrected chi connectivity index (χ4v) is 0.404. The first-order valence-electron chi connectivity index (χ1n) is 2.83. The molecule has 0 radical (unpaired) electrons. The largest absolute Gasteiger partial charge is 0.547 e. The van der Waals surface area contributed by atoms with Gasteiger partial charge in [-0.15, -0.1) is 0 Å². The molecule has 0 aliphatic heterocycles. The summed E-state index contributed by atoms with van der Waals surface area (Å²) in [7, 11) is 0. The third-order valence-corrected chi connectivity index (χ3v) is 1.36. The van der Waals surface area contributed by atoms with Crippen LogP contribution in [0.2, 0.25) is 0 Å². The van der Waals surface area contributed by atoms with E-state index < -0.39 is 23.7 Å². The molecule has 0 aromatic carbocycles. The maximum atomic E-state index is 12.2. The lowest BCUT2D eigenvalue weighted by molar-refractivity contribution is -0.374. The third-order valence-electron chi connectivity index (χ3n) is 1.36. The van der Waals surface area contributed by atoms with Gasteiger partial charge in [0.25, 0.3) is 0 Å². The number of hydrogen-bond acceptors (Lipinski definition) is 3. The van der Waals surface area contributed by atoms with Crippen molar-refractivity contribution in [2.75, 3.05) is 0 Å². The molecule has 1 unspecified atom stereocenters. The van der Waals surface area contributed by atoms with E-state index in [0.717, 1.165) is 0 Å². The van der Waals surface area contributed by atoms with Crippen molar-refractivity contribution in [1.29, 1.82) is 0 Å². The van der Waals surface area contributed by atoms with Crippen molar-refractivity contribution >= 4 is 5.97 Å².